The monoisotopic (exact) mass is 353 g/mol. The smallest absolute Gasteiger partial charge is 0.270 e. The van der Waals surface area contributed by atoms with E-state index in [0.717, 1.165) is 11.4 Å². The highest BCUT2D eigenvalue weighted by Gasteiger charge is 2.11. The molecule has 0 aliphatic carbocycles. The molecule has 1 aromatic heterocycles. The summed E-state index contributed by atoms with van der Waals surface area (Å²) in [7, 11) is 0. The topological polar surface area (TPSA) is 85.9 Å². The molecule has 7 nitrogen and oxygen atoms in total. The predicted octanol–water partition coefficient (Wildman–Crippen LogP) is 2.50. The fourth-order valence-corrected chi connectivity index (χ4v) is 2.28. The van der Waals surface area contributed by atoms with Crippen molar-refractivity contribution in [3.05, 3.63) is 50.5 Å². The van der Waals surface area contributed by atoms with Gasteiger partial charge >= 0.3 is 0 Å². The van der Waals surface area contributed by atoms with Crippen molar-refractivity contribution in [2.45, 2.75) is 33.0 Å². The highest BCUT2D eigenvalue weighted by Crippen LogP contribution is 2.23. The van der Waals surface area contributed by atoms with Crippen molar-refractivity contribution >= 4 is 21.6 Å². The minimum absolute atomic E-state index is 0.0610. The zero-order valence-electron chi connectivity index (χ0n) is 11.8. The minimum atomic E-state index is -0.415. The zero-order chi connectivity index (χ0) is 15.4. The van der Waals surface area contributed by atoms with Crippen LogP contribution < -0.4 is 5.32 Å². The zero-order valence-corrected chi connectivity index (χ0v) is 13.4. The van der Waals surface area contributed by atoms with Crippen LogP contribution in [0.4, 0.5) is 5.69 Å². The third-order valence-corrected chi connectivity index (χ3v) is 3.67. The van der Waals surface area contributed by atoms with Crippen LogP contribution in [0.25, 0.3) is 0 Å². The van der Waals surface area contributed by atoms with Gasteiger partial charge in [-0.15, -0.1) is 0 Å². The van der Waals surface area contributed by atoms with E-state index in [4.69, 9.17) is 0 Å². The average Bonchev–Trinajstić information content (AvgIpc) is 2.85. The van der Waals surface area contributed by atoms with Gasteiger partial charge in [-0.1, -0.05) is 29.8 Å². The first-order chi connectivity index (χ1) is 9.97. The molecule has 0 bridgehead atoms. The summed E-state index contributed by atoms with van der Waals surface area (Å²) in [5, 5.41) is 18.2. The number of rotatable bonds is 6. The largest absolute Gasteiger partial charge is 0.308 e. The normalized spacial score (nSPS) is 11.0. The van der Waals surface area contributed by atoms with E-state index in [-0.39, 0.29) is 5.69 Å². The van der Waals surface area contributed by atoms with Crippen molar-refractivity contribution in [1.82, 2.24) is 20.1 Å². The second-order valence-electron chi connectivity index (χ2n) is 4.90. The van der Waals surface area contributed by atoms with Gasteiger partial charge in [0.05, 0.1) is 18.0 Å². The van der Waals surface area contributed by atoms with Gasteiger partial charge in [0.1, 0.15) is 12.2 Å². The molecule has 0 fully saturated rings. The quantitative estimate of drug-likeness (QED) is 0.636. The molecule has 112 valence electrons. The van der Waals surface area contributed by atoms with Gasteiger partial charge in [0.25, 0.3) is 5.69 Å². The Morgan fingerprint density at radius 2 is 2.24 bits per heavy atom. The van der Waals surface area contributed by atoms with Crippen molar-refractivity contribution in [3.63, 3.8) is 0 Å². The summed E-state index contributed by atoms with van der Waals surface area (Å²) >= 11 is 3.37. The van der Waals surface area contributed by atoms with E-state index in [9.17, 15) is 10.1 Å². The molecule has 0 amide bonds. The molecule has 21 heavy (non-hydrogen) atoms. The fraction of sp³-hybridized carbons (Fsp3) is 0.385. The van der Waals surface area contributed by atoms with Gasteiger partial charge in [-0.25, -0.2) is 9.67 Å². The van der Waals surface area contributed by atoms with Gasteiger partial charge in [-0.2, -0.15) is 5.10 Å². The Kier molecular flexibility index (Phi) is 5.03. The van der Waals surface area contributed by atoms with Gasteiger partial charge in [-0.05, 0) is 11.6 Å². The standard InChI is InChI=1S/C13H16BrN5O2/c1-9(2)15-6-13-16-8-17-18(13)7-10-3-4-11(19(20)21)5-12(10)14/h3-5,8-9,15H,6-7H2,1-2H3. The SMILES string of the molecule is CC(C)NCc1ncnn1Cc1ccc([N+](=O)[O-])cc1Br. The van der Waals surface area contributed by atoms with E-state index >= 15 is 0 Å². The third kappa shape index (κ3) is 4.08. The molecule has 0 radical (unpaired) electrons. The number of nitro benzene ring substituents is 1. The Hall–Kier alpha value is -1.80. The molecule has 0 aliphatic rings. The lowest BCUT2D eigenvalue weighted by molar-refractivity contribution is -0.384. The number of non-ortho nitro benzene ring substituents is 1. The Labute approximate surface area is 130 Å². The lowest BCUT2D eigenvalue weighted by atomic mass is 10.2. The summed E-state index contributed by atoms with van der Waals surface area (Å²) in [6, 6.07) is 5.08. The van der Waals surface area contributed by atoms with E-state index in [0.29, 0.717) is 23.6 Å². The Morgan fingerprint density at radius 1 is 1.48 bits per heavy atom. The molecular weight excluding hydrogens is 338 g/mol. The lowest BCUT2D eigenvalue weighted by Gasteiger charge is -2.10. The molecule has 0 spiro atoms. The highest BCUT2D eigenvalue weighted by atomic mass is 79.9. The molecular formula is C13H16BrN5O2. The summed E-state index contributed by atoms with van der Waals surface area (Å²) in [6.07, 6.45) is 1.51. The number of nitrogens with one attached hydrogen (secondary N) is 1. The van der Waals surface area contributed by atoms with Gasteiger partial charge < -0.3 is 5.32 Å². The third-order valence-electron chi connectivity index (χ3n) is 2.93. The average molecular weight is 354 g/mol. The summed E-state index contributed by atoms with van der Waals surface area (Å²) in [5.41, 5.74) is 0.975. The van der Waals surface area contributed by atoms with Gasteiger partial charge in [0.2, 0.25) is 0 Å². The van der Waals surface area contributed by atoms with Gasteiger partial charge in [0, 0.05) is 22.6 Å². The number of nitro groups is 1. The van der Waals surface area contributed by atoms with Crippen LogP contribution in [0, 0.1) is 10.1 Å². The molecule has 1 aromatic carbocycles. The van der Waals surface area contributed by atoms with Crippen molar-refractivity contribution in [2.24, 2.45) is 0 Å². The number of aromatic nitrogens is 3. The van der Waals surface area contributed by atoms with Crippen LogP contribution in [-0.4, -0.2) is 25.7 Å². The Bertz CT molecular complexity index is 641. The van der Waals surface area contributed by atoms with E-state index < -0.39 is 4.92 Å². The number of hydrogen-bond acceptors (Lipinski definition) is 5. The number of hydrogen-bond donors (Lipinski definition) is 1. The molecule has 0 aliphatic heterocycles. The number of nitrogens with zero attached hydrogens (tertiary/aromatic N) is 4. The first-order valence-corrected chi connectivity index (χ1v) is 7.29. The van der Waals surface area contributed by atoms with Crippen LogP contribution >= 0.6 is 15.9 Å². The summed E-state index contributed by atoms with van der Waals surface area (Å²) in [6.45, 7) is 5.26. The van der Waals surface area contributed by atoms with Crippen molar-refractivity contribution in [1.29, 1.82) is 0 Å². The van der Waals surface area contributed by atoms with E-state index in [1.807, 2.05) is 0 Å². The Balaban J connectivity index is 2.15. The summed E-state index contributed by atoms with van der Waals surface area (Å²) < 4.78 is 2.47. The molecule has 8 heteroatoms. The first-order valence-electron chi connectivity index (χ1n) is 6.50. The molecule has 0 unspecified atom stereocenters. The number of halogens is 1. The second-order valence-corrected chi connectivity index (χ2v) is 5.76. The fourth-order valence-electron chi connectivity index (χ4n) is 1.79. The maximum atomic E-state index is 10.7. The number of benzene rings is 1. The van der Waals surface area contributed by atoms with Crippen LogP contribution in [0.3, 0.4) is 0 Å². The minimum Gasteiger partial charge on any atom is -0.308 e. The van der Waals surface area contributed by atoms with Crippen LogP contribution in [-0.2, 0) is 13.1 Å². The van der Waals surface area contributed by atoms with Crippen LogP contribution in [0.15, 0.2) is 29.0 Å². The molecule has 2 aromatic rings. The first kappa shape index (κ1) is 15.6. The maximum Gasteiger partial charge on any atom is 0.270 e. The molecule has 0 saturated heterocycles. The molecule has 0 atom stereocenters. The van der Waals surface area contributed by atoms with Crippen LogP contribution in [0.1, 0.15) is 25.2 Å². The van der Waals surface area contributed by atoms with Crippen molar-refractivity contribution < 1.29 is 4.92 Å². The van der Waals surface area contributed by atoms with E-state index in [1.165, 1.54) is 18.5 Å². The van der Waals surface area contributed by atoms with Crippen LogP contribution in [0.2, 0.25) is 0 Å². The van der Waals surface area contributed by atoms with Crippen molar-refractivity contribution in [3.8, 4) is 0 Å². The Morgan fingerprint density at radius 3 is 2.86 bits per heavy atom. The predicted molar refractivity (Wildman–Crippen MR) is 81.9 cm³/mol. The molecule has 1 heterocycles. The summed E-state index contributed by atoms with van der Waals surface area (Å²) in [5.74, 6) is 0.828. The van der Waals surface area contributed by atoms with Gasteiger partial charge in [-0.3, -0.25) is 10.1 Å². The maximum absolute atomic E-state index is 10.7. The molecule has 1 N–H and O–H groups in total. The van der Waals surface area contributed by atoms with E-state index in [1.54, 1.807) is 10.7 Å². The lowest BCUT2D eigenvalue weighted by Crippen LogP contribution is -2.24. The molecule has 0 saturated carbocycles. The summed E-state index contributed by atoms with van der Waals surface area (Å²) in [4.78, 5) is 14.5. The van der Waals surface area contributed by atoms with Crippen LogP contribution in [0.5, 0.6) is 0 Å². The highest BCUT2D eigenvalue weighted by molar-refractivity contribution is 9.10. The van der Waals surface area contributed by atoms with Gasteiger partial charge in [0.15, 0.2) is 0 Å². The van der Waals surface area contributed by atoms with Crippen molar-refractivity contribution in [2.75, 3.05) is 0 Å². The van der Waals surface area contributed by atoms with E-state index in [2.05, 4.69) is 45.2 Å². The molecule has 2 rings (SSSR count). The second kappa shape index (κ2) is 6.77.